The summed E-state index contributed by atoms with van der Waals surface area (Å²) in [6, 6.07) is 7.58. The fourth-order valence-corrected chi connectivity index (χ4v) is 1.69. The molecule has 0 bridgehead atoms. The molecule has 1 aromatic rings. The van der Waals surface area contributed by atoms with Gasteiger partial charge in [-0.25, -0.2) is 0 Å². The molecule has 102 valence electrons. The molecule has 0 saturated heterocycles. The summed E-state index contributed by atoms with van der Waals surface area (Å²) in [6.45, 7) is 4.68. The molecule has 1 rings (SSSR count). The summed E-state index contributed by atoms with van der Waals surface area (Å²) in [5.41, 5.74) is 0.905. The Morgan fingerprint density at radius 1 is 1.28 bits per heavy atom. The highest BCUT2D eigenvalue weighted by Gasteiger charge is 2.10. The summed E-state index contributed by atoms with van der Waals surface area (Å²) in [7, 11) is 3.65. The van der Waals surface area contributed by atoms with Gasteiger partial charge in [0.05, 0.1) is 19.3 Å². The van der Waals surface area contributed by atoms with Gasteiger partial charge >= 0.3 is 0 Å². The van der Waals surface area contributed by atoms with Gasteiger partial charge in [-0.05, 0) is 31.7 Å². The van der Waals surface area contributed by atoms with Crippen LogP contribution in [0.2, 0.25) is 0 Å². The van der Waals surface area contributed by atoms with E-state index in [9.17, 15) is 5.11 Å². The Bertz CT molecular complexity index is 326. The Kier molecular flexibility index (Phi) is 6.72. The molecule has 0 fully saturated rings. The van der Waals surface area contributed by atoms with Crippen LogP contribution in [0.1, 0.15) is 18.6 Å². The highest BCUT2D eigenvalue weighted by Crippen LogP contribution is 2.18. The van der Waals surface area contributed by atoms with Crippen molar-refractivity contribution in [3.8, 4) is 5.75 Å². The number of aliphatic hydroxyl groups is 1. The Balaban J connectivity index is 2.47. The highest BCUT2D eigenvalue weighted by molar-refractivity contribution is 5.28. The maximum Gasteiger partial charge on any atom is 0.119 e. The fourth-order valence-electron chi connectivity index (χ4n) is 1.69. The van der Waals surface area contributed by atoms with Gasteiger partial charge in [0.25, 0.3) is 0 Å². The quantitative estimate of drug-likeness (QED) is 0.765. The number of nitrogens with zero attached hydrogens (tertiary/aromatic N) is 1. The number of ether oxygens (including phenoxy) is 2. The van der Waals surface area contributed by atoms with Crippen molar-refractivity contribution < 1.29 is 14.6 Å². The number of aliphatic hydroxyl groups excluding tert-OH is 1. The molecule has 0 aliphatic carbocycles. The summed E-state index contributed by atoms with van der Waals surface area (Å²) in [6.07, 6.45) is -0.484. The van der Waals surface area contributed by atoms with Gasteiger partial charge < -0.3 is 19.5 Å². The third-order valence-electron chi connectivity index (χ3n) is 2.74. The molecule has 1 atom stereocenters. The van der Waals surface area contributed by atoms with E-state index in [1.165, 1.54) is 0 Å². The first-order chi connectivity index (χ1) is 8.67. The monoisotopic (exact) mass is 253 g/mol. The van der Waals surface area contributed by atoms with Gasteiger partial charge in [-0.3, -0.25) is 0 Å². The van der Waals surface area contributed by atoms with Crippen molar-refractivity contribution in [2.24, 2.45) is 0 Å². The van der Waals surface area contributed by atoms with E-state index in [0.717, 1.165) is 17.9 Å². The van der Waals surface area contributed by atoms with E-state index in [0.29, 0.717) is 19.8 Å². The minimum absolute atomic E-state index is 0.484. The van der Waals surface area contributed by atoms with Crippen LogP contribution in [0.25, 0.3) is 0 Å². The lowest BCUT2D eigenvalue weighted by Crippen LogP contribution is -2.27. The van der Waals surface area contributed by atoms with Gasteiger partial charge in [-0.2, -0.15) is 0 Å². The lowest BCUT2D eigenvalue weighted by molar-refractivity contribution is 0.103. The number of rotatable bonds is 8. The normalized spacial score (nSPS) is 12.7. The lowest BCUT2D eigenvalue weighted by atomic mass is 10.1. The molecule has 0 heterocycles. The van der Waals surface area contributed by atoms with E-state index in [1.807, 2.05) is 43.1 Å². The summed E-state index contributed by atoms with van der Waals surface area (Å²) >= 11 is 0. The topological polar surface area (TPSA) is 41.9 Å². The molecule has 0 aliphatic rings. The summed E-state index contributed by atoms with van der Waals surface area (Å²) in [5, 5.41) is 10.1. The maximum absolute atomic E-state index is 10.1. The predicted octanol–water partition coefficient (Wildman–Crippen LogP) is 1.70. The predicted molar refractivity (Wildman–Crippen MR) is 71.9 cm³/mol. The Labute approximate surface area is 109 Å². The van der Waals surface area contributed by atoms with Crippen LogP contribution >= 0.6 is 0 Å². The Morgan fingerprint density at radius 2 is 1.94 bits per heavy atom. The molecular formula is C14H23NO3. The molecule has 0 spiro atoms. The number of benzene rings is 1. The second-order valence-electron chi connectivity index (χ2n) is 4.27. The smallest absolute Gasteiger partial charge is 0.119 e. The molecule has 1 unspecified atom stereocenters. The molecule has 0 aliphatic heterocycles. The first-order valence-electron chi connectivity index (χ1n) is 6.25. The number of hydrogen-bond donors (Lipinski definition) is 1. The van der Waals surface area contributed by atoms with Gasteiger partial charge in [0, 0.05) is 20.2 Å². The highest BCUT2D eigenvalue weighted by atomic mass is 16.5. The molecule has 0 amide bonds. The van der Waals surface area contributed by atoms with E-state index in [-0.39, 0.29) is 0 Å². The second-order valence-corrected chi connectivity index (χ2v) is 4.27. The molecule has 0 aromatic heterocycles. The molecule has 0 saturated carbocycles. The van der Waals surface area contributed by atoms with Crippen molar-refractivity contribution in [1.82, 2.24) is 4.90 Å². The average Bonchev–Trinajstić information content (AvgIpc) is 2.37. The molecule has 0 radical (unpaired) electrons. The van der Waals surface area contributed by atoms with Crippen LogP contribution in [0.4, 0.5) is 0 Å². The van der Waals surface area contributed by atoms with Crippen molar-refractivity contribution in [2.75, 3.05) is 40.5 Å². The van der Waals surface area contributed by atoms with Crippen molar-refractivity contribution in [3.63, 3.8) is 0 Å². The first kappa shape index (κ1) is 15.0. The van der Waals surface area contributed by atoms with Crippen LogP contribution < -0.4 is 4.74 Å². The number of hydrogen-bond acceptors (Lipinski definition) is 4. The van der Waals surface area contributed by atoms with Crippen LogP contribution in [-0.4, -0.2) is 50.5 Å². The standard InChI is InChI=1S/C14H23NO3/c1-4-18-13-7-5-12(6-8-13)14(16)11-15(2)9-10-17-3/h5-8,14,16H,4,9-11H2,1-3H3. The van der Waals surface area contributed by atoms with Gasteiger partial charge in [-0.15, -0.1) is 0 Å². The van der Waals surface area contributed by atoms with Gasteiger partial charge in [0.2, 0.25) is 0 Å². The minimum atomic E-state index is -0.484. The van der Waals surface area contributed by atoms with Gasteiger partial charge in [0.1, 0.15) is 5.75 Å². The molecular weight excluding hydrogens is 230 g/mol. The van der Waals surface area contributed by atoms with E-state index >= 15 is 0 Å². The third-order valence-corrected chi connectivity index (χ3v) is 2.74. The van der Waals surface area contributed by atoms with E-state index in [4.69, 9.17) is 9.47 Å². The van der Waals surface area contributed by atoms with Crippen molar-refractivity contribution in [1.29, 1.82) is 0 Å². The Morgan fingerprint density at radius 3 is 2.50 bits per heavy atom. The lowest BCUT2D eigenvalue weighted by Gasteiger charge is -2.20. The zero-order chi connectivity index (χ0) is 13.4. The average molecular weight is 253 g/mol. The Hall–Kier alpha value is -1.10. The second kappa shape index (κ2) is 8.08. The number of likely N-dealkylation sites (N-methyl/N-ethyl adjacent to an activating group) is 1. The van der Waals surface area contributed by atoms with E-state index in [2.05, 4.69) is 0 Å². The van der Waals surface area contributed by atoms with Crippen LogP contribution in [0.15, 0.2) is 24.3 Å². The van der Waals surface area contributed by atoms with Crippen LogP contribution in [0.3, 0.4) is 0 Å². The van der Waals surface area contributed by atoms with Crippen molar-refractivity contribution >= 4 is 0 Å². The molecule has 4 nitrogen and oxygen atoms in total. The minimum Gasteiger partial charge on any atom is -0.494 e. The summed E-state index contributed by atoms with van der Waals surface area (Å²) in [5.74, 6) is 0.834. The maximum atomic E-state index is 10.1. The third kappa shape index (κ3) is 5.04. The van der Waals surface area contributed by atoms with Crippen molar-refractivity contribution in [2.45, 2.75) is 13.0 Å². The molecule has 1 aromatic carbocycles. The summed E-state index contributed by atoms with van der Waals surface area (Å²) in [4.78, 5) is 2.05. The van der Waals surface area contributed by atoms with Crippen molar-refractivity contribution in [3.05, 3.63) is 29.8 Å². The SMILES string of the molecule is CCOc1ccc(C(O)CN(C)CCOC)cc1. The fraction of sp³-hybridized carbons (Fsp3) is 0.571. The zero-order valence-electron chi connectivity index (χ0n) is 11.4. The first-order valence-corrected chi connectivity index (χ1v) is 6.25. The molecule has 4 heteroatoms. The molecule has 18 heavy (non-hydrogen) atoms. The van der Waals surface area contributed by atoms with Gasteiger partial charge in [-0.1, -0.05) is 12.1 Å². The van der Waals surface area contributed by atoms with E-state index < -0.39 is 6.10 Å². The summed E-state index contributed by atoms with van der Waals surface area (Å²) < 4.78 is 10.4. The van der Waals surface area contributed by atoms with Crippen LogP contribution in [0.5, 0.6) is 5.75 Å². The molecule has 1 N–H and O–H groups in total. The zero-order valence-corrected chi connectivity index (χ0v) is 11.4. The van der Waals surface area contributed by atoms with Crippen LogP contribution in [-0.2, 0) is 4.74 Å². The van der Waals surface area contributed by atoms with E-state index in [1.54, 1.807) is 7.11 Å². The largest absolute Gasteiger partial charge is 0.494 e. The van der Waals surface area contributed by atoms with Gasteiger partial charge in [0.15, 0.2) is 0 Å². The van der Waals surface area contributed by atoms with Crippen LogP contribution in [0, 0.1) is 0 Å². The number of methoxy groups -OCH3 is 1.